The van der Waals surface area contributed by atoms with Crippen molar-refractivity contribution >= 4 is 11.9 Å². The molecule has 0 aliphatic carbocycles. The maximum atomic E-state index is 12.0. The number of hydrogen-bond donors (Lipinski definition) is 0. The molecule has 0 fully saturated rings. The summed E-state index contributed by atoms with van der Waals surface area (Å²) in [7, 11) is 2.37. The van der Waals surface area contributed by atoms with E-state index in [1.807, 2.05) is 12.1 Å². The molecule has 118 valence electrons. The molecular weight excluding hydrogens is 312 g/mol. The first-order chi connectivity index (χ1) is 11.5. The average molecular weight is 322 g/mol. The molecule has 8 nitrogen and oxygen atoms in total. The highest BCUT2D eigenvalue weighted by Gasteiger charge is 2.23. The quantitative estimate of drug-likeness (QED) is 0.777. The highest BCUT2D eigenvalue weighted by Crippen LogP contribution is 2.25. The molecule has 0 saturated carbocycles. The summed E-state index contributed by atoms with van der Waals surface area (Å²) in [5.41, 5.74) is -0.0551. The molecule has 24 heavy (non-hydrogen) atoms. The van der Waals surface area contributed by atoms with E-state index >= 15 is 0 Å². The predicted molar refractivity (Wildman–Crippen MR) is 79.6 cm³/mol. The van der Waals surface area contributed by atoms with E-state index in [9.17, 15) is 9.59 Å². The van der Waals surface area contributed by atoms with Crippen molar-refractivity contribution in [3.8, 4) is 23.5 Å². The van der Waals surface area contributed by atoms with Crippen LogP contribution in [0.15, 0.2) is 24.3 Å². The fourth-order valence-electron chi connectivity index (χ4n) is 1.95. The number of rotatable bonds is 3. The summed E-state index contributed by atoms with van der Waals surface area (Å²) in [6.07, 6.45) is 0. The molecule has 2 aromatic heterocycles. The smallest absolute Gasteiger partial charge is 0.340 e. The number of ether oxygens (including phenoxy) is 2. The van der Waals surface area contributed by atoms with Crippen LogP contribution >= 0.6 is 0 Å². The van der Waals surface area contributed by atoms with E-state index in [1.165, 1.54) is 38.5 Å². The third kappa shape index (κ3) is 3.03. The lowest BCUT2D eigenvalue weighted by Crippen LogP contribution is -2.11. The Morgan fingerprint density at radius 1 is 0.833 bits per heavy atom. The normalized spacial score (nSPS) is 9.50. The van der Waals surface area contributed by atoms with Crippen LogP contribution in [0.3, 0.4) is 0 Å². The van der Waals surface area contributed by atoms with E-state index in [1.54, 1.807) is 0 Å². The summed E-state index contributed by atoms with van der Waals surface area (Å²) >= 11 is 0. The summed E-state index contributed by atoms with van der Waals surface area (Å²) in [6, 6.07) is 9.03. The second kappa shape index (κ2) is 6.99. The van der Waals surface area contributed by atoms with Gasteiger partial charge in [0.1, 0.15) is 34.9 Å². The Morgan fingerprint density at radius 3 is 1.50 bits per heavy atom. The zero-order valence-electron chi connectivity index (χ0n) is 12.7. The lowest BCUT2D eigenvalue weighted by molar-refractivity contribution is 0.0589. The van der Waals surface area contributed by atoms with Crippen LogP contribution in [0.5, 0.6) is 0 Å². The fourth-order valence-corrected chi connectivity index (χ4v) is 1.95. The molecule has 0 atom stereocenters. The first-order valence-corrected chi connectivity index (χ1v) is 6.55. The predicted octanol–water partition coefficient (Wildman–Crippen LogP) is 1.46. The minimum absolute atomic E-state index is 0.00393. The Hall–Kier alpha value is -3.78. The van der Waals surface area contributed by atoms with Gasteiger partial charge in [-0.25, -0.2) is 19.6 Å². The number of methoxy groups -OCH3 is 2. The first-order valence-electron chi connectivity index (χ1n) is 6.55. The van der Waals surface area contributed by atoms with E-state index in [4.69, 9.17) is 10.5 Å². The van der Waals surface area contributed by atoms with E-state index in [0.717, 1.165) is 0 Å². The number of nitriles is 2. The lowest BCUT2D eigenvalue weighted by Gasteiger charge is -2.10. The molecule has 0 amide bonds. The number of carbonyl (C=O) groups excluding carboxylic acids is 2. The molecule has 0 N–H and O–H groups in total. The van der Waals surface area contributed by atoms with E-state index in [0.29, 0.717) is 0 Å². The SMILES string of the molecule is COC(=O)c1ccc(C#N)nc1-c1nc(C#N)ccc1C(=O)OC. The number of aromatic nitrogens is 2. The molecule has 0 spiro atoms. The van der Waals surface area contributed by atoms with Crippen molar-refractivity contribution in [3.05, 3.63) is 46.8 Å². The molecule has 0 aliphatic heterocycles. The van der Waals surface area contributed by atoms with Crippen molar-refractivity contribution in [2.24, 2.45) is 0 Å². The highest BCUT2D eigenvalue weighted by atomic mass is 16.5. The molecule has 0 unspecified atom stereocenters. The van der Waals surface area contributed by atoms with E-state index < -0.39 is 11.9 Å². The second-order valence-electron chi connectivity index (χ2n) is 4.39. The molecule has 2 aromatic rings. The van der Waals surface area contributed by atoms with Crippen LogP contribution in [0.2, 0.25) is 0 Å². The largest absolute Gasteiger partial charge is 0.465 e. The van der Waals surface area contributed by atoms with E-state index in [-0.39, 0.29) is 33.9 Å². The minimum Gasteiger partial charge on any atom is -0.465 e. The van der Waals surface area contributed by atoms with Gasteiger partial charge >= 0.3 is 11.9 Å². The van der Waals surface area contributed by atoms with Crippen molar-refractivity contribution in [1.82, 2.24) is 9.97 Å². The third-order valence-corrected chi connectivity index (χ3v) is 3.05. The van der Waals surface area contributed by atoms with Gasteiger partial charge in [-0.05, 0) is 24.3 Å². The molecule has 0 aliphatic rings. The van der Waals surface area contributed by atoms with Crippen molar-refractivity contribution < 1.29 is 19.1 Å². The lowest BCUT2D eigenvalue weighted by atomic mass is 10.0. The zero-order valence-corrected chi connectivity index (χ0v) is 12.7. The maximum absolute atomic E-state index is 12.0. The van der Waals surface area contributed by atoms with Crippen molar-refractivity contribution in [1.29, 1.82) is 10.5 Å². The summed E-state index contributed by atoms with van der Waals surface area (Å²) in [6.45, 7) is 0. The van der Waals surface area contributed by atoms with Gasteiger partial charge in [0.05, 0.1) is 25.3 Å². The van der Waals surface area contributed by atoms with Gasteiger partial charge in [0.25, 0.3) is 0 Å². The van der Waals surface area contributed by atoms with Gasteiger partial charge in [-0.15, -0.1) is 0 Å². The molecule has 0 aromatic carbocycles. The van der Waals surface area contributed by atoms with Crippen LogP contribution < -0.4 is 0 Å². The first kappa shape index (κ1) is 16.6. The molecule has 2 rings (SSSR count). The number of nitrogens with zero attached hydrogens (tertiary/aromatic N) is 4. The van der Waals surface area contributed by atoms with Gasteiger partial charge in [-0.1, -0.05) is 0 Å². The van der Waals surface area contributed by atoms with Gasteiger partial charge in [-0.2, -0.15) is 10.5 Å². The molecule has 0 saturated heterocycles. The summed E-state index contributed by atoms with van der Waals surface area (Å²) in [5, 5.41) is 18.1. The monoisotopic (exact) mass is 322 g/mol. The van der Waals surface area contributed by atoms with Gasteiger partial charge in [-0.3, -0.25) is 0 Å². The molecule has 0 radical (unpaired) electrons. The minimum atomic E-state index is -0.720. The van der Waals surface area contributed by atoms with E-state index in [2.05, 4.69) is 19.4 Å². The van der Waals surface area contributed by atoms with Crippen LogP contribution in [0.25, 0.3) is 11.4 Å². The number of carbonyl (C=O) groups is 2. The Kier molecular flexibility index (Phi) is 4.83. The Bertz CT molecular complexity index is 834. The van der Waals surface area contributed by atoms with Crippen LogP contribution in [-0.2, 0) is 9.47 Å². The van der Waals surface area contributed by atoms with Crippen LogP contribution in [0.1, 0.15) is 32.1 Å². The van der Waals surface area contributed by atoms with Crippen molar-refractivity contribution in [3.63, 3.8) is 0 Å². The second-order valence-corrected chi connectivity index (χ2v) is 4.39. The van der Waals surface area contributed by atoms with Gasteiger partial charge < -0.3 is 9.47 Å². The summed E-state index contributed by atoms with van der Waals surface area (Å²) in [5.74, 6) is -1.44. The molecule has 0 bridgehead atoms. The standard InChI is InChI=1S/C16H10N4O4/c1-23-15(21)11-5-3-9(7-17)19-13(11)14-12(16(22)24-2)6-4-10(8-18)20-14/h3-6H,1-2H3. The van der Waals surface area contributed by atoms with Crippen molar-refractivity contribution in [2.45, 2.75) is 0 Å². The van der Waals surface area contributed by atoms with Crippen LogP contribution in [0.4, 0.5) is 0 Å². The molecule has 2 heterocycles. The molecular formula is C16H10N4O4. The number of esters is 2. The maximum Gasteiger partial charge on any atom is 0.340 e. The number of pyridine rings is 2. The van der Waals surface area contributed by atoms with Crippen molar-refractivity contribution in [2.75, 3.05) is 14.2 Å². The van der Waals surface area contributed by atoms with Gasteiger partial charge in [0, 0.05) is 0 Å². The topological polar surface area (TPSA) is 126 Å². The zero-order chi connectivity index (χ0) is 17.7. The van der Waals surface area contributed by atoms with Gasteiger partial charge in [0.2, 0.25) is 0 Å². The van der Waals surface area contributed by atoms with Crippen LogP contribution in [0, 0.1) is 22.7 Å². The Morgan fingerprint density at radius 2 is 1.21 bits per heavy atom. The summed E-state index contributed by atoms with van der Waals surface area (Å²) < 4.78 is 9.37. The average Bonchev–Trinajstić information content (AvgIpc) is 2.65. The van der Waals surface area contributed by atoms with Crippen LogP contribution in [-0.4, -0.2) is 36.1 Å². The molecule has 8 heteroatoms. The summed E-state index contributed by atoms with van der Waals surface area (Å²) in [4.78, 5) is 32.0. The Labute approximate surface area is 136 Å². The number of hydrogen-bond acceptors (Lipinski definition) is 8. The third-order valence-electron chi connectivity index (χ3n) is 3.05. The van der Waals surface area contributed by atoms with Gasteiger partial charge in [0.15, 0.2) is 0 Å². The fraction of sp³-hybridized carbons (Fsp3) is 0.125. The Balaban J connectivity index is 2.83. The highest BCUT2D eigenvalue weighted by molar-refractivity contribution is 6.01.